The highest BCUT2D eigenvalue weighted by Crippen LogP contribution is 2.40. The molecule has 0 radical (unpaired) electrons. The minimum Gasteiger partial charge on any atom is -1.00 e. The Labute approximate surface area is 248 Å². The average Bonchev–Trinajstić information content (AvgIpc) is 3.12. The Morgan fingerprint density at radius 2 is 1.38 bits per heavy atom. The van der Waals surface area contributed by atoms with Gasteiger partial charge in [0.1, 0.15) is 7.05 Å². The first-order valence-corrected chi connectivity index (χ1v) is 12.9. The lowest BCUT2D eigenvalue weighted by Crippen LogP contribution is -3.00. The van der Waals surface area contributed by atoms with Crippen LogP contribution in [0.4, 0.5) is 11.4 Å². The molecule has 0 atom stereocenters. The first-order chi connectivity index (χ1) is 18.3. The molecule has 1 aliphatic rings. The number of hydrogen-bond acceptors (Lipinski definition) is 2. The van der Waals surface area contributed by atoms with Gasteiger partial charge in [0.25, 0.3) is 0 Å². The molecule has 5 heteroatoms. The van der Waals surface area contributed by atoms with Gasteiger partial charge < -0.3 is 34.0 Å². The van der Waals surface area contributed by atoms with Crippen molar-refractivity contribution >= 4 is 29.1 Å². The van der Waals surface area contributed by atoms with Crippen molar-refractivity contribution < 1.29 is 38.5 Å². The molecular weight excluding hydrogens is 595 g/mol. The van der Waals surface area contributed by atoms with E-state index >= 15 is 0 Å². The Bertz CT molecular complexity index is 1470. The Kier molecular flexibility index (Phi) is 8.70. The van der Waals surface area contributed by atoms with Crippen LogP contribution in [-0.4, -0.2) is 28.4 Å². The lowest BCUT2D eigenvalue weighted by atomic mass is 9.80. The van der Waals surface area contributed by atoms with E-state index in [-0.39, 0.29) is 29.4 Å². The van der Waals surface area contributed by atoms with Gasteiger partial charge in [0.05, 0.1) is 11.0 Å². The molecule has 0 amide bonds. The van der Waals surface area contributed by atoms with Crippen LogP contribution in [0.5, 0.6) is 0 Å². The van der Waals surface area contributed by atoms with Gasteiger partial charge in [-0.05, 0) is 60.9 Å². The van der Waals surface area contributed by atoms with E-state index in [1.165, 1.54) is 16.8 Å². The molecule has 0 saturated carbocycles. The monoisotopic (exact) mass is 628 g/mol. The molecule has 39 heavy (non-hydrogen) atoms. The summed E-state index contributed by atoms with van der Waals surface area (Å²) >= 11 is 0. The average molecular weight is 629 g/mol. The fraction of sp³-hybridized carbons (Fsp3) is 0.176. The van der Waals surface area contributed by atoms with Crippen molar-refractivity contribution in [2.24, 2.45) is 0 Å². The van der Waals surface area contributed by atoms with Gasteiger partial charge in [-0.2, -0.15) is 4.58 Å². The number of benzene rings is 4. The van der Waals surface area contributed by atoms with Crippen LogP contribution in [-0.2, 0) is 18.5 Å². The standard InChI is InChI=1S/C34H32N2O2.HI/c1-34(2)30-22-28(33(37)38)17-20-31(30)35(3)32(34)21-16-25-14-18-29(19-15-25)36(23-26-10-6-4-7-11-26)24-27-12-8-5-9-13-27;/h4-22H,23-24H2,1-3H3;1H. The molecule has 0 spiro atoms. The largest absolute Gasteiger partial charge is 1.00 e. The number of rotatable bonds is 8. The number of fused-ring (bicyclic) bond motifs is 1. The summed E-state index contributed by atoms with van der Waals surface area (Å²) in [6.45, 7) is 5.96. The molecule has 1 aliphatic heterocycles. The van der Waals surface area contributed by atoms with E-state index in [0.717, 1.165) is 35.6 Å². The highest BCUT2D eigenvalue weighted by atomic mass is 127. The van der Waals surface area contributed by atoms with Crippen LogP contribution in [0, 0.1) is 0 Å². The summed E-state index contributed by atoms with van der Waals surface area (Å²) in [7, 11) is 2.04. The predicted octanol–water partition coefficient (Wildman–Crippen LogP) is 4.32. The number of allylic oxidation sites excluding steroid dienone is 1. The van der Waals surface area contributed by atoms with E-state index < -0.39 is 5.97 Å². The molecule has 4 aromatic rings. The van der Waals surface area contributed by atoms with E-state index in [1.807, 2.05) is 13.1 Å². The summed E-state index contributed by atoms with van der Waals surface area (Å²) in [5, 5.41) is 9.46. The van der Waals surface area contributed by atoms with Gasteiger partial charge in [0.2, 0.25) is 5.69 Å². The fourth-order valence-corrected chi connectivity index (χ4v) is 5.29. The van der Waals surface area contributed by atoms with Crippen molar-refractivity contribution in [2.45, 2.75) is 32.4 Å². The second-order valence-corrected chi connectivity index (χ2v) is 10.4. The zero-order chi connectivity index (χ0) is 26.7. The number of aromatic carboxylic acids is 1. The maximum Gasteiger partial charge on any atom is 0.335 e. The molecule has 0 unspecified atom stereocenters. The van der Waals surface area contributed by atoms with E-state index in [9.17, 15) is 9.90 Å². The van der Waals surface area contributed by atoms with Crippen LogP contribution in [0.15, 0.2) is 109 Å². The van der Waals surface area contributed by atoms with Gasteiger partial charge >= 0.3 is 5.97 Å². The molecule has 1 N–H and O–H groups in total. The smallest absolute Gasteiger partial charge is 0.335 e. The van der Waals surface area contributed by atoms with Crippen LogP contribution >= 0.6 is 0 Å². The number of nitrogens with zero attached hydrogens (tertiary/aromatic N) is 2. The van der Waals surface area contributed by atoms with Gasteiger partial charge in [-0.3, -0.25) is 0 Å². The molecule has 0 aliphatic carbocycles. The number of carbonyl (C=O) groups is 1. The molecule has 5 rings (SSSR count). The minimum atomic E-state index is -0.899. The topological polar surface area (TPSA) is 43.5 Å². The van der Waals surface area contributed by atoms with Crippen molar-refractivity contribution in [3.05, 3.63) is 137 Å². The Hall–Kier alpha value is -3.71. The van der Waals surface area contributed by atoms with Crippen molar-refractivity contribution in [1.29, 1.82) is 0 Å². The van der Waals surface area contributed by atoms with Gasteiger partial charge in [-0.1, -0.05) is 72.8 Å². The zero-order valence-electron chi connectivity index (χ0n) is 22.5. The van der Waals surface area contributed by atoms with Crippen molar-refractivity contribution in [1.82, 2.24) is 0 Å². The van der Waals surface area contributed by atoms with Crippen LogP contribution in [0.25, 0.3) is 6.08 Å². The number of hydrogen-bond donors (Lipinski definition) is 1. The molecule has 0 aromatic heterocycles. The Morgan fingerprint density at radius 1 is 0.821 bits per heavy atom. The van der Waals surface area contributed by atoms with E-state index in [1.54, 1.807) is 12.1 Å². The fourth-order valence-electron chi connectivity index (χ4n) is 5.29. The van der Waals surface area contributed by atoms with Gasteiger partial charge in [0, 0.05) is 36.5 Å². The maximum absolute atomic E-state index is 11.5. The van der Waals surface area contributed by atoms with E-state index in [2.05, 4.69) is 120 Å². The van der Waals surface area contributed by atoms with Crippen LogP contribution in [0.3, 0.4) is 0 Å². The van der Waals surface area contributed by atoms with Crippen LogP contribution in [0.1, 0.15) is 46.5 Å². The predicted molar refractivity (Wildman–Crippen MR) is 156 cm³/mol. The Balaban J connectivity index is 0.00000353. The highest BCUT2D eigenvalue weighted by molar-refractivity contribution is 6.05. The van der Waals surface area contributed by atoms with Crippen molar-refractivity contribution in [3.63, 3.8) is 0 Å². The lowest BCUT2D eigenvalue weighted by molar-refractivity contribution is -0.401. The summed E-state index contributed by atoms with van der Waals surface area (Å²) in [6, 6.07) is 35.2. The highest BCUT2D eigenvalue weighted by Gasteiger charge is 2.43. The third-order valence-electron chi connectivity index (χ3n) is 7.40. The number of halogens is 1. The molecule has 0 fully saturated rings. The van der Waals surface area contributed by atoms with Gasteiger partial charge in [-0.15, -0.1) is 0 Å². The molecular formula is C34H33IN2O2. The molecule has 1 heterocycles. The van der Waals surface area contributed by atoms with Crippen LogP contribution in [0.2, 0.25) is 0 Å². The first-order valence-electron chi connectivity index (χ1n) is 12.9. The molecule has 0 bridgehead atoms. The van der Waals surface area contributed by atoms with Gasteiger partial charge in [-0.25, -0.2) is 4.79 Å². The third kappa shape index (κ3) is 6.14. The zero-order valence-corrected chi connectivity index (χ0v) is 24.7. The van der Waals surface area contributed by atoms with E-state index in [4.69, 9.17) is 0 Å². The SMILES string of the molecule is C[N+]1=C(C=Cc2ccc(N(Cc3ccccc3)Cc3ccccc3)cc2)C(C)(C)c2cc(C(=O)O)ccc21.[I-]. The summed E-state index contributed by atoms with van der Waals surface area (Å²) in [4.78, 5) is 13.9. The minimum absolute atomic E-state index is 0. The maximum atomic E-state index is 11.5. The second kappa shape index (κ2) is 12.0. The summed E-state index contributed by atoms with van der Waals surface area (Å²) in [6.07, 6.45) is 4.29. The summed E-state index contributed by atoms with van der Waals surface area (Å²) in [5.74, 6) is -0.899. The summed E-state index contributed by atoms with van der Waals surface area (Å²) in [5.41, 5.74) is 8.09. The third-order valence-corrected chi connectivity index (χ3v) is 7.40. The number of carboxylic acids is 1. The van der Waals surface area contributed by atoms with Crippen molar-refractivity contribution in [3.8, 4) is 0 Å². The quantitative estimate of drug-likeness (QED) is 0.234. The molecule has 198 valence electrons. The molecule has 4 nitrogen and oxygen atoms in total. The molecule has 0 saturated heterocycles. The van der Waals surface area contributed by atoms with Crippen LogP contribution < -0.4 is 28.9 Å². The van der Waals surface area contributed by atoms with E-state index in [0.29, 0.717) is 5.56 Å². The Morgan fingerprint density at radius 3 is 1.92 bits per heavy atom. The van der Waals surface area contributed by atoms with Gasteiger partial charge in [0.15, 0.2) is 5.71 Å². The summed E-state index contributed by atoms with van der Waals surface area (Å²) < 4.78 is 2.16. The number of carboxylic acid groups (broad SMARTS) is 1. The number of anilines is 1. The second-order valence-electron chi connectivity index (χ2n) is 10.4. The van der Waals surface area contributed by atoms with Crippen molar-refractivity contribution in [2.75, 3.05) is 11.9 Å². The first kappa shape index (κ1) is 28.3. The normalized spacial score (nSPS) is 13.7. The lowest BCUT2D eigenvalue weighted by Gasteiger charge is -2.25. The molecule has 4 aromatic carbocycles.